The molecule has 2 N–H and O–H groups in total. The van der Waals surface area contributed by atoms with Crippen molar-refractivity contribution in [2.24, 2.45) is 0 Å². The number of benzene rings is 2. The monoisotopic (exact) mass is 425 g/mol. The molecule has 2 aromatic rings. The van der Waals surface area contributed by atoms with E-state index in [1.165, 1.54) is 0 Å². The zero-order chi connectivity index (χ0) is 22.6. The minimum absolute atomic E-state index is 0.0866. The van der Waals surface area contributed by atoms with Crippen molar-refractivity contribution in [1.82, 2.24) is 10.2 Å². The molecule has 0 heterocycles. The number of carbonyl (C=O) groups is 3. The number of nitrogens with zero attached hydrogens (tertiary/aromatic N) is 1. The lowest BCUT2D eigenvalue weighted by molar-refractivity contribution is -0.115. The molecule has 7 heteroatoms. The number of hydrogen-bond donors (Lipinski definition) is 2. The zero-order valence-corrected chi connectivity index (χ0v) is 18.4. The van der Waals surface area contributed by atoms with Gasteiger partial charge in [0, 0.05) is 29.9 Å². The Hall–Kier alpha value is -3.35. The van der Waals surface area contributed by atoms with Crippen LogP contribution >= 0.6 is 0 Å². The molecule has 2 rings (SSSR count). The Morgan fingerprint density at radius 2 is 1.65 bits per heavy atom. The largest absolute Gasteiger partial charge is 0.494 e. The molecule has 0 bridgehead atoms. The van der Waals surface area contributed by atoms with E-state index < -0.39 is 0 Å². The highest BCUT2D eigenvalue weighted by molar-refractivity contribution is 6.00. The van der Waals surface area contributed by atoms with Crippen LogP contribution in [-0.2, 0) is 4.79 Å². The summed E-state index contributed by atoms with van der Waals surface area (Å²) in [4.78, 5) is 38.7. The van der Waals surface area contributed by atoms with Crippen LogP contribution in [0.2, 0.25) is 0 Å². The first-order valence-corrected chi connectivity index (χ1v) is 10.7. The lowest BCUT2D eigenvalue weighted by atomic mass is 10.1. The third-order valence-corrected chi connectivity index (χ3v) is 4.74. The number of ether oxygens (including phenoxy) is 1. The van der Waals surface area contributed by atoms with Crippen LogP contribution in [0.25, 0.3) is 0 Å². The van der Waals surface area contributed by atoms with Crippen LogP contribution in [0.15, 0.2) is 48.5 Å². The van der Waals surface area contributed by atoms with Crippen molar-refractivity contribution in [3.63, 3.8) is 0 Å². The first-order chi connectivity index (χ1) is 15.0. The maximum atomic E-state index is 12.5. The van der Waals surface area contributed by atoms with Gasteiger partial charge in [-0.05, 0) is 62.7 Å². The number of anilines is 1. The van der Waals surface area contributed by atoms with Crippen molar-refractivity contribution in [2.45, 2.75) is 33.6 Å². The van der Waals surface area contributed by atoms with Crippen LogP contribution in [-0.4, -0.2) is 48.9 Å². The molecule has 166 valence electrons. The molecule has 0 fully saturated rings. The molecule has 31 heavy (non-hydrogen) atoms. The van der Waals surface area contributed by atoms with Crippen molar-refractivity contribution in [2.75, 3.05) is 31.6 Å². The Morgan fingerprint density at radius 3 is 2.29 bits per heavy atom. The number of nitrogens with one attached hydrogen (secondary N) is 2. The van der Waals surface area contributed by atoms with E-state index in [1.54, 1.807) is 53.4 Å². The van der Waals surface area contributed by atoms with Crippen molar-refractivity contribution < 1.29 is 19.1 Å². The maximum Gasteiger partial charge on any atom is 0.253 e. The van der Waals surface area contributed by atoms with E-state index in [0.717, 1.165) is 12.8 Å². The molecule has 0 saturated heterocycles. The van der Waals surface area contributed by atoms with E-state index in [1.807, 2.05) is 13.8 Å². The van der Waals surface area contributed by atoms with Gasteiger partial charge in [-0.25, -0.2) is 0 Å². The van der Waals surface area contributed by atoms with Crippen LogP contribution < -0.4 is 15.4 Å². The summed E-state index contributed by atoms with van der Waals surface area (Å²) in [5.41, 5.74) is 1.46. The molecule has 0 spiro atoms. The fourth-order valence-corrected chi connectivity index (χ4v) is 2.93. The van der Waals surface area contributed by atoms with Gasteiger partial charge in [0.15, 0.2) is 0 Å². The third-order valence-electron chi connectivity index (χ3n) is 4.74. The standard InChI is InChI=1S/C24H31N3O4/c1-4-7-15-31-21-13-11-18(12-14-21)23(29)25-17-22(28)26-20-10-8-9-19(16-20)24(30)27(5-2)6-3/h8-14,16H,4-7,15,17H2,1-3H3,(H,25,29)(H,26,28). The Morgan fingerprint density at radius 1 is 0.935 bits per heavy atom. The van der Waals surface area contributed by atoms with Gasteiger partial charge < -0.3 is 20.3 Å². The molecular formula is C24H31N3O4. The van der Waals surface area contributed by atoms with Gasteiger partial charge in [-0.2, -0.15) is 0 Å². The van der Waals surface area contributed by atoms with Crippen molar-refractivity contribution in [1.29, 1.82) is 0 Å². The predicted octanol–water partition coefficient (Wildman–Crippen LogP) is 3.72. The second-order valence-corrected chi connectivity index (χ2v) is 7.02. The van der Waals surface area contributed by atoms with Gasteiger partial charge in [-0.1, -0.05) is 19.4 Å². The average molecular weight is 426 g/mol. The molecule has 2 aromatic carbocycles. The molecule has 0 aliphatic heterocycles. The summed E-state index contributed by atoms with van der Waals surface area (Å²) in [6, 6.07) is 13.6. The van der Waals surface area contributed by atoms with Gasteiger partial charge in [-0.15, -0.1) is 0 Å². The van der Waals surface area contributed by atoms with Crippen LogP contribution in [0.4, 0.5) is 5.69 Å². The highest BCUT2D eigenvalue weighted by atomic mass is 16.5. The summed E-state index contributed by atoms with van der Waals surface area (Å²) in [6.07, 6.45) is 2.03. The van der Waals surface area contributed by atoms with E-state index in [4.69, 9.17) is 4.74 Å². The van der Waals surface area contributed by atoms with Gasteiger partial charge in [0.1, 0.15) is 5.75 Å². The van der Waals surface area contributed by atoms with Crippen LogP contribution in [0.5, 0.6) is 5.75 Å². The number of hydrogen-bond acceptors (Lipinski definition) is 4. The number of carbonyl (C=O) groups excluding carboxylic acids is 3. The Balaban J connectivity index is 1.87. The summed E-state index contributed by atoms with van der Waals surface area (Å²) in [7, 11) is 0. The third kappa shape index (κ3) is 7.44. The maximum absolute atomic E-state index is 12.5. The first-order valence-electron chi connectivity index (χ1n) is 10.7. The predicted molar refractivity (Wildman–Crippen MR) is 122 cm³/mol. The molecule has 7 nitrogen and oxygen atoms in total. The second-order valence-electron chi connectivity index (χ2n) is 7.02. The van der Waals surface area contributed by atoms with E-state index in [2.05, 4.69) is 17.6 Å². The van der Waals surface area contributed by atoms with E-state index >= 15 is 0 Å². The number of amides is 3. The highest BCUT2D eigenvalue weighted by Gasteiger charge is 2.14. The fourth-order valence-electron chi connectivity index (χ4n) is 2.93. The van der Waals surface area contributed by atoms with Crippen LogP contribution in [0.3, 0.4) is 0 Å². The summed E-state index contributed by atoms with van der Waals surface area (Å²) in [5, 5.41) is 5.31. The van der Waals surface area contributed by atoms with Crippen molar-refractivity contribution >= 4 is 23.4 Å². The van der Waals surface area contributed by atoms with E-state index in [0.29, 0.717) is 42.3 Å². The van der Waals surface area contributed by atoms with Crippen LogP contribution in [0, 0.1) is 0 Å². The van der Waals surface area contributed by atoms with Gasteiger partial charge in [0.05, 0.1) is 13.2 Å². The lowest BCUT2D eigenvalue weighted by Crippen LogP contribution is -2.33. The summed E-state index contributed by atoms with van der Waals surface area (Å²) in [6.45, 7) is 7.63. The quantitative estimate of drug-likeness (QED) is 0.537. The van der Waals surface area contributed by atoms with Gasteiger partial charge in [0.25, 0.3) is 11.8 Å². The van der Waals surface area contributed by atoms with Gasteiger partial charge in [-0.3, -0.25) is 14.4 Å². The number of rotatable bonds is 11. The molecule has 0 saturated carbocycles. The van der Waals surface area contributed by atoms with Crippen molar-refractivity contribution in [3.05, 3.63) is 59.7 Å². The topological polar surface area (TPSA) is 87.7 Å². The SMILES string of the molecule is CCCCOc1ccc(C(=O)NCC(=O)Nc2cccc(C(=O)N(CC)CC)c2)cc1. The minimum atomic E-state index is -0.375. The molecular weight excluding hydrogens is 394 g/mol. The first kappa shape index (κ1) is 23.9. The summed E-state index contributed by atoms with van der Waals surface area (Å²) >= 11 is 0. The van der Waals surface area contributed by atoms with E-state index in [-0.39, 0.29) is 24.3 Å². The van der Waals surface area contributed by atoms with Crippen LogP contribution in [0.1, 0.15) is 54.3 Å². The second kappa shape index (κ2) is 12.4. The molecule has 0 aliphatic carbocycles. The fraction of sp³-hybridized carbons (Fsp3) is 0.375. The molecule has 0 radical (unpaired) electrons. The van der Waals surface area contributed by atoms with Gasteiger partial charge >= 0.3 is 0 Å². The Bertz CT molecular complexity index is 877. The highest BCUT2D eigenvalue weighted by Crippen LogP contribution is 2.14. The Kier molecular flexibility index (Phi) is 9.55. The van der Waals surface area contributed by atoms with Crippen molar-refractivity contribution in [3.8, 4) is 5.75 Å². The van der Waals surface area contributed by atoms with E-state index in [9.17, 15) is 14.4 Å². The molecule has 3 amide bonds. The Labute approximate surface area is 183 Å². The minimum Gasteiger partial charge on any atom is -0.494 e. The molecule has 0 aliphatic rings. The average Bonchev–Trinajstić information content (AvgIpc) is 2.79. The molecule has 0 atom stereocenters. The number of unbranched alkanes of at least 4 members (excludes halogenated alkanes) is 1. The zero-order valence-electron chi connectivity index (χ0n) is 18.4. The smallest absolute Gasteiger partial charge is 0.253 e. The van der Waals surface area contributed by atoms with Gasteiger partial charge in [0.2, 0.25) is 5.91 Å². The lowest BCUT2D eigenvalue weighted by Gasteiger charge is -2.19. The molecule has 0 aromatic heterocycles. The normalized spacial score (nSPS) is 10.3. The summed E-state index contributed by atoms with van der Waals surface area (Å²) in [5.74, 6) is -0.0977. The summed E-state index contributed by atoms with van der Waals surface area (Å²) < 4.78 is 5.58. The molecule has 0 unspecified atom stereocenters.